The fourth-order valence-electron chi connectivity index (χ4n) is 3.34. The SMILES string of the molecule is CC1CC(CN)CN1Cc1ccc(N(C)c2ccccc2)nc1.Cl. The summed E-state index contributed by atoms with van der Waals surface area (Å²) in [5.74, 6) is 1.61. The number of para-hydroxylation sites is 1. The van der Waals surface area contributed by atoms with Gasteiger partial charge in [0.15, 0.2) is 0 Å². The van der Waals surface area contributed by atoms with E-state index in [1.165, 1.54) is 12.0 Å². The Kier molecular flexibility index (Phi) is 6.60. The molecule has 0 saturated carbocycles. The summed E-state index contributed by atoms with van der Waals surface area (Å²) < 4.78 is 0. The standard InChI is InChI=1S/C19H26N4.ClH/c1-15-10-17(11-20)14-23(15)13-16-8-9-19(21-12-16)22(2)18-6-4-3-5-7-18;/h3-9,12,15,17H,10-11,13-14,20H2,1-2H3;1H. The summed E-state index contributed by atoms with van der Waals surface area (Å²) >= 11 is 0. The Hall–Kier alpha value is -1.62. The Bertz CT molecular complexity index is 617. The van der Waals surface area contributed by atoms with E-state index in [1.807, 2.05) is 31.4 Å². The summed E-state index contributed by atoms with van der Waals surface area (Å²) in [5, 5.41) is 0. The molecule has 2 N–H and O–H groups in total. The van der Waals surface area contributed by atoms with Crippen molar-refractivity contribution < 1.29 is 0 Å². The van der Waals surface area contributed by atoms with Crippen molar-refractivity contribution in [3.63, 3.8) is 0 Å². The molecule has 0 amide bonds. The molecule has 5 heteroatoms. The second-order valence-electron chi connectivity index (χ2n) is 6.54. The lowest BCUT2D eigenvalue weighted by Gasteiger charge is -2.22. The monoisotopic (exact) mass is 346 g/mol. The first-order chi connectivity index (χ1) is 11.2. The minimum absolute atomic E-state index is 0. The van der Waals surface area contributed by atoms with E-state index in [4.69, 9.17) is 5.73 Å². The predicted octanol–water partition coefficient (Wildman–Crippen LogP) is 3.44. The zero-order valence-electron chi connectivity index (χ0n) is 14.4. The van der Waals surface area contributed by atoms with Gasteiger partial charge in [-0.25, -0.2) is 4.98 Å². The summed E-state index contributed by atoms with van der Waals surface area (Å²) in [6.45, 7) is 5.14. The molecule has 1 aromatic carbocycles. The third-order valence-electron chi connectivity index (χ3n) is 4.81. The van der Waals surface area contributed by atoms with Crippen molar-refractivity contribution in [2.75, 3.05) is 25.0 Å². The first-order valence-electron chi connectivity index (χ1n) is 8.35. The molecule has 130 valence electrons. The highest BCUT2D eigenvalue weighted by Crippen LogP contribution is 2.25. The normalized spacial score (nSPS) is 20.6. The molecule has 3 rings (SSSR count). The molecule has 2 heterocycles. The number of pyridine rings is 1. The van der Waals surface area contributed by atoms with Crippen LogP contribution in [-0.2, 0) is 6.54 Å². The second kappa shape index (κ2) is 8.47. The van der Waals surface area contributed by atoms with E-state index >= 15 is 0 Å². The number of halogens is 1. The molecule has 1 aliphatic rings. The summed E-state index contributed by atoms with van der Waals surface area (Å²) in [4.78, 5) is 9.25. The molecule has 1 aliphatic heterocycles. The van der Waals surface area contributed by atoms with Crippen LogP contribution in [0.15, 0.2) is 48.7 Å². The van der Waals surface area contributed by atoms with Crippen molar-refractivity contribution in [2.45, 2.75) is 25.9 Å². The van der Waals surface area contributed by atoms with Gasteiger partial charge >= 0.3 is 0 Å². The van der Waals surface area contributed by atoms with E-state index in [9.17, 15) is 0 Å². The van der Waals surface area contributed by atoms with Crippen LogP contribution in [0.4, 0.5) is 11.5 Å². The quantitative estimate of drug-likeness (QED) is 0.900. The van der Waals surface area contributed by atoms with E-state index in [2.05, 4.69) is 46.0 Å². The van der Waals surface area contributed by atoms with Gasteiger partial charge in [0.2, 0.25) is 0 Å². The molecule has 1 aromatic heterocycles. The smallest absolute Gasteiger partial charge is 0.132 e. The van der Waals surface area contributed by atoms with Gasteiger partial charge in [0.25, 0.3) is 0 Å². The zero-order chi connectivity index (χ0) is 16.2. The molecule has 0 bridgehead atoms. The molecule has 1 fully saturated rings. The van der Waals surface area contributed by atoms with Crippen molar-refractivity contribution in [2.24, 2.45) is 11.7 Å². The van der Waals surface area contributed by atoms with Gasteiger partial charge in [0.05, 0.1) is 0 Å². The Morgan fingerprint density at radius 2 is 1.96 bits per heavy atom. The highest BCUT2D eigenvalue weighted by atomic mass is 35.5. The van der Waals surface area contributed by atoms with Crippen molar-refractivity contribution in [3.05, 3.63) is 54.2 Å². The lowest BCUT2D eigenvalue weighted by Crippen LogP contribution is -2.27. The lowest BCUT2D eigenvalue weighted by atomic mass is 10.1. The molecule has 2 unspecified atom stereocenters. The fraction of sp³-hybridized carbons (Fsp3) is 0.421. The number of aromatic nitrogens is 1. The van der Waals surface area contributed by atoms with Crippen LogP contribution < -0.4 is 10.6 Å². The molecule has 2 atom stereocenters. The van der Waals surface area contributed by atoms with Gasteiger partial charge in [0.1, 0.15) is 5.82 Å². The van der Waals surface area contributed by atoms with Gasteiger partial charge in [-0.05, 0) is 49.6 Å². The Morgan fingerprint density at radius 3 is 2.54 bits per heavy atom. The molecule has 0 radical (unpaired) electrons. The van der Waals surface area contributed by atoms with Crippen molar-refractivity contribution >= 4 is 23.9 Å². The number of hydrogen-bond donors (Lipinski definition) is 1. The molecular weight excluding hydrogens is 320 g/mol. The van der Waals surface area contributed by atoms with E-state index in [-0.39, 0.29) is 12.4 Å². The molecule has 24 heavy (non-hydrogen) atoms. The van der Waals surface area contributed by atoms with Gasteiger partial charge in [-0.3, -0.25) is 4.90 Å². The van der Waals surface area contributed by atoms with Crippen LogP contribution in [0.25, 0.3) is 0 Å². The maximum absolute atomic E-state index is 5.82. The first kappa shape index (κ1) is 18.7. The number of nitrogens with two attached hydrogens (primary N) is 1. The number of nitrogens with zero attached hydrogens (tertiary/aromatic N) is 3. The molecule has 1 saturated heterocycles. The van der Waals surface area contributed by atoms with E-state index in [0.717, 1.165) is 31.1 Å². The molecular formula is C19H27ClN4. The predicted molar refractivity (Wildman–Crippen MR) is 103 cm³/mol. The van der Waals surface area contributed by atoms with E-state index in [1.54, 1.807) is 0 Å². The minimum atomic E-state index is 0. The summed E-state index contributed by atoms with van der Waals surface area (Å²) in [5.41, 5.74) is 8.22. The van der Waals surface area contributed by atoms with E-state index < -0.39 is 0 Å². The summed E-state index contributed by atoms with van der Waals surface area (Å²) in [6.07, 6.45) is 3.20. The largest absolute Gasteiger partial charge is 0.330 e. The van der Waals surface area contributed by atoms with Gasteiger partial charge in [0, 0.05) is 38.1 Å². The zero-order valence-corrected chi connectivity index (χ0v) is 15.2. The third kappa shape index (κ3) is 4.26. The first-order valence-corrected chi connectivity index (χ1v) is 8.35. The molecule has 0 aliphatic carbocycles. The van der Waals surface area contributed by atoms with Crippen molar-refractivity contribution in [3.8, 4) is 0 Å². The molecule has 0 spiro atoms. The molecule has 4 nitrogen and oxygen atoms in total. The number of anilines is 2. The van der Waals surface area contributed by atoms with Crippen LogP contribution >= 0.6 is 12.4 Å². The highest BCUT2D eigenvalue weighted by Gasteiger charge is 2.27. The number of benzene rings is 1. The maximum Gasteiger partial charge on any atom is 0.132 e. The second-order valence-corrected chi connectivity index (χ2v) is 6.54. The van der Waals surface area contributed by atoms with Crippen LogP contribution in [0.5, 0.6) is 0 Å². The maximum atomic E-state index is 5.82. The Labute approximate surface area is 151 Å². The van der Waals surface area contributed by atoms with Gasteiger partial charge in [-0.15, -0.1) is 12.4 Å². The number of rotatable bonds is 5. The summed E-state index contributed by atoms with van der Waals surface area (Å²) in [7, 11) is 2.05. The fourth-order valence-corrected chi connectivity index (χ4v) is 3.34. The van der Waals surface area contributed by atoms with Crippen LogP contribution in [0.1, 0.15) is 18.9 Å². The van der Waals surface area contributed by atoms with Gasteiger partial charge in [-0.1, -0.05) is 24.3 Å². The number of likely N-dealkylation sites (tertiary alicyclic amines) is 1. The summed E-state index contributed by atoms with van der Waals surface area (Å²) in [6, 6.07) is 15.2. The molecule has 2 aromatic rings. The van der Waals surface area contributed by atoms with Crippen LogP contribution in [-0.4, -0.2) is 36.1 Å². The van der Waals surface area contributed by atoms with Crippen LogP contribution in [0, 0.1) is 5.92 Å². The lowest BCUT2D eigenvalue weighted by molar-refractivity contribution is 0.255. The van der Waals surface area contributed by atoms with Gasteiger partial charge in [-0.2, -0.15) is 0 Å². The topological polar surface area (TPSA) is 45.4 Å². The number of hydrogen-bond acceptors (Lipinski definition) is 4. The Morgan fingerprint density at radius 1 is 1.21 bits per heavy atom. The van der Waals surface area contributed by atoms with E-state index in [0.29, 0.717) is 12.0 Å². The third-order valence-corrected chi connectivity index (χ3v) is 4.81. The Balaban J connectivity index is 0.00000208. The van der Waals surface area contributed by atoms with Gasteiger partial charge < -0.3 is 10.6 Å². The van der Waals surface area contributed by atoms with Crippen LogP contribution in [0.2, 0.25) is 0 Å². The van der Waals surface area contributed by atoms with Crippen LogP contribution in [0.3, 0.4) is 0 Å². The highest BCUT2D eigenvalue weighted by molar-refractivity contribution is 5.85. The average molecular weight is 347 g/mol. The van der Waals surface area contributed by atoms with Crippen molar-refractivity contribution in [1.82, 2.24) is 9.88 Å². The minimum Gasteiger partial charge on any atom is -0.330 e. The average Bonchev–Trinajstić information content (AvgIpc) is 2.96. The van der Waals surface area contributed by atoms with Crippen molar-refractivity contribution in [1.29, 1.82) is 0 Å².